The highest BCUT2D eigenvalue weighted by atomic mass is 16.2. The molecule has 2 N–H and O–H groups in total. The van der Waals surface area contributed by atoms with Crippen LogP contribution in [0.4, 0.5) is 5.69 Å². The predicted octanol–water partition coefficient (Wildman–Crippen LogP) is 4.12. The van der Waals surface area contributed by atoms with E-state index in [-0.39, 0.29) is 24.2 Å². The van der Waals surface area contributed by atoms with Gasteiger partial charge in [-0.05, 0) is 68.1 Å². The molecule has 2 aromatic carbocycles. The molecule has 0 aliphatic carbocycles. The Morgan fingerprint density at radius 2 is 1.86 bits per heavy atom. The van der Waals surface area contributed by atoms with Crippen molar-refractivity contribution in [2.75, 3.05) is 18.4 Å². The van der Waals surface area contributed by atoms with Crippen molar-refractivity contribution in [1.29, 1.82) is 0 Å². The van der Waals surface area contributed by atoms with E-state index in [1.165, 1.54) is 16.5 Å². The second kappa shape index (κ2) is 7.74. The summed E-state index contributed by atoms with van der Waals surface area (Å²) in [6, 6.07) is 12.3. The molecule has 5 nitrogen and oxygen atoms in total. The monoisotopic (exact) mass is 389 g/mol. The highest BCUT2D eigenvalue weighted by molar-refractivity contribution is 5.97. The maximum atomic E-state index is 12.7. The van der Waals surface area contributed by atoms with Crippen LogP contribution in [0.25, 0.3) is 10.9 Å². The van der Waals surface area contributed by atoms with Crippen molar-refractivity contribution < 1.29 is 9.59 Å². The van der Waals surface area contributed by atoms with Crippen LogP contribution in [0, 0.1) is 26.7 Å². The number of H-pyrrole nitrogens is 1. The molecule has 1 aromatic heterocycles. The molecule has 1 saturated heterocycles. The number of nitrogens with one attached hydrogen (secondary N) is 2. The van der Waals surface area contributed by atoms with Crippen molar-refractivity contribution in [2.24, 2.45) is 5.92 Å². The van der Waals surface area contributed by atoms with E-state index in [1.807, 2.05) is 37.1 Å². The molecule has 2 heterocycles. The Balaban J connectivity index is 1.38. The van der Waals surface area contributed by atoms with Gasteiger partial charge in [-0.15, -0.1) is 0 Å². The second-order valence-electron chi connectivity index (χ2n) is 8.22. The third-order valence-electron chi connectivity index (χ3n) is 5.65. The summed E-state index contributed by atoms with van der Waals surface area (Å²) in [5.74, 6) is -0.316. The average molecular weight is 389 g/mol. The number of aryl methyl sites for hydroxylation is 3. The minimum Gasteiger partial charge on any atom is -0.361 e. The van der Waals surface area contributed by atoms with Gasteiger partial charge in [0.2, 0.25) is 11.8 Å². The van der Waals surface area contributed by atoms with Gasteiger partial charge in [-0.1, -0.05) is 17.7 Å². The Bertz CT molecular complexity index is 1060. The van der Waals surface area contributed by atoms with Crippen molar-refractivity contribution in [3.63, 3.8) is 0 Å². The fourth-order valence-electron chi connectivity index (χ4n) is 4.21. The molecule has 1 aliphatic rings. The Kier molecular flexibility index (Phi) is 5.14. The molecule has 4 rings (SSSR count). The van der Waals surface area contributed by atoms with Gasteiger partial charge in [0.1, 0.15) is 0 Å². The van der Waals surface area contributed by atoms with Crippen LogP contribution >= 0.6 is 0 Å². The van der Waals surface area contributed by atoms with E-state index in [0.29, 0.717) is 13.1 Å². The maximum Gasteiger partial charge on any atom is 0.229 e. The van der Waals surface area contributed by atoms with Gasteiger partial charge >= 0.3 is 0 Å². The first-order chi connectivity index (χ1) is 13.9. The zero-order chi connectivity index (χ0) is 20.5. The normalized spacial score (nSPS) is 16.6. The Morgan fingerprint density at radius 1 is 1.10 bits per heavy atom. The Labute approximate surface area is 171 Å². The number of amides is 2. The van der Waals surface area contributed by atoms with E-state index in [9.17, 15) is 9.59 Å². The molecule has 2 amide bonds. The van der Waals surface area contributed by atoms with Gasteiger partial charge in [0.15, 0.2) is 0 Å². The van der Waals surface area contributed by atoms with E-state index in [1.54, 1.807) is 0 Å². The van der Waals surface area contributed by atoms with Crippen LogP contribution in [0.2, 0.25) is 0 Å². The van der Waals surface area contributed by atoms with Gasteiger partial charge in [-0.25, -0.2) is 0 Å². The largest absolute Gasteiger partial charge is 0.361 e. The van der Waals surface area contributed by atoms with Gasteiger partial charge < -0.3 is 15.2 Å². The first-order valence-electron chi connectivity index (χ1n) is 10.1. The molecule has 0 bridgehead atoms. The summed E-state index contributed by atoms with van der Waals surface area (Å²) in [5, 5.41) is 4.19. The summed E-state index contributed by atoms with van der Waals surface area (Å²) in [4.78, 5) is 30.3. The van der Waals surface area contributed by atoms with E-state index >= 15 is 0 Å². The summed E-state index contributed by atoms with van der Waals surface area (Å²) in [6.45, 7) is 7.22. The predicted molar refractivity (Wildman–Crippen MR) is 116 cm³/mol. The second-order valence-corrected chi connectivity index (χ2v) is 8.22. The highest BCUT2D eigenvalue weighted by Gasteiger charge is 2.34. The Hall–Kier alpha value is -3.08. The number of aromatic nitrogens is 1. The third kappa shape index (κ3) is 4.19. The quantitative estimate of drug-likeness (QED) is 0.689. The van der Waals surface area contributed by atoms with Gasteiger partial charge in [-0.2, -0.15) is 0 Å². The molecule has 3 aromatic rings. The molecule has 0 radical (unpaired) electrons. The smallest absolute Gasteiger partial charge is 0.229 e. The molecule has 29 heavy (non-hydrogen) atoms. The molecular formula is C24H27N3O2. The minimum absolute atomic E-state index is 0.0570. The lowest BCUT2D eigenvalue weighted by Gasteiger charge is -2.16. The summed E-state index contributed by atoms with van der Waals surface area (Å²) in [7, 11) is 0. The third-order valence-corrected chi connectivity index (χ3v) is 5.65. The molecule has 0 spiro atoms. The average Bonchev–Trinajstić information content (AvgIpc) is 3.22. The lowest BCUT2D eigenvalue weighted by molar-refractivity contribution is -0.128. The van der Waals surface area contributed by atoms with Crippen LogP contribution < -0.4 is 5.32 Å². The number of anilines is 1. The van der Waals surface area contributed by atoms with Crippen molar-refractivity contribution in [3.05, 3.63) is 64.8 Å². The zero-order valence-corrected chi connectivity index (χ0v) is 17.2. The SMILES string of the molecule is Cc1cc(C)cc(NC(=O)[C@H]2CC(=O)N(CCc3c[nH]c4ccc(C)cc34)C2)c1. The van der Waals surface area contributed by atoms with Crippen LogP contribution in [0.3, 0.4) is 0 Å². The van der Waals surface area contributed by atoms with Crippen LogP contribution in [0.5, 0.6) is 0 Å². The molecule has 5 heteroatoms. The number of carbonyl (C=O) groups is 2. The molecule has 1 atom stereocenters. The van der Waals surface area contributed by atoms with Gasteiger partial charge in [0.25, 0.3) is 0 Å². The molecular weight excluding hydrogens is 362 g/mol. The van der Waals surface area contributed by atoms with E-state index < -0.39 is 0 Å². The van der Waals surface area contributed by atoms with Gasteiger partial charge in [0, 0.05) is 42.3 Å². The van der Waals surface area contributed by atoms with Crippen LogP contribution in [0.1, 0.15) is 28.7 Å². The van der Waals surface area contributed by atoms with Crippen LogP contribution in [-0.4, -0.2) is 34.8 Å². The van der Waals surface area contributed by atoms with E-state index in [4.69, 9.17) is 0 Å². The fraction of sp³-hybridized carbons (Fsp3) is 0.333. The molecule has 1 fully saturated rings. The number of rotatable bonds is 5. The van der Waals surface area contributed by atoms with Crippen molar-refractivity contribution in [2.45, 2.75) is 33.6 Å². The lowest BCUT2D eigenvalue weighted by Crippen LogP contribution is -2.30. The number of benzene rings is 2. The number of hydrogen-bond acceptors (Lipinski definition) is 2. The van der Waals surface area contributed by atoms with E-state index in [2.05, 4.69) is 41.5 Å². The summed E-state index contributed by atoms with van der Waals surface area (Å²) in [5.41, 5.74) is 6.56. The first kappa shape index (κ1) is 19.2. The number of hydrogen-bond donors (Lipinski definition) is 2. The topological polar surface area (TPSA) is 65.2 Å². The van der Waals surface area contributed by atoms with Crippen LogP contribution in [0.15, 0.2) is 42.6 Å². The number of nitrogens with zero attached hydrogens (tertiary/aromatic N) is 1. The molecule has 0 saturated carbocycles. The molecule has 150 valence electrons. The van der Waals surface area contributed by atoms with Gasteiger partial charge in [-0.3, -0.25) is 9.59 Å². The lowest BCUT2D eigenvalue weighted by atomic mass is 10.1. The molecule has 1 aliphatic heterocycles. The number of carbonyl (C=O) groups excluding carboxylic acids is 2. The minimum atomic E-state index is -0.298. The number of fused-ring (bicyclic) bond motifs is 1. The Morgan fingerprint density at radius 3 is 2.62 bits per heavy atom. The first-order valence-corrected chi connectivity index (χ1v) is 10.1. The van der Waals surface area contributed by atoms with Crippen LogP contribution in [-0.2, 0) is 16.0 Å². The number of aromatic amines is 1. The zero-order valence-electron chi connectivity index (χ0n) is 17.2. The summed E-state index contributed by atoms with van der Waals surface area (Å²) < 4.78 is 0. The highest BCUT2D eigenvalue weighted by Crippen LogP contribution is 2.24. The summed E-state index contributed by atoms with van der Waals surface area (Å²) >= 11 is 0. The van der Waals surface area contributed by atoms with Gasteiger partial charge in [0.05, 0.1) is 5.92 Å². The fourth-order valence-corrected chi connectivity index (χ4v) is 4.21. The van der Waals surface area contributed by atoms with Crippen molar-refractivity contribution in [3.8, 4) is 0 Å². The standard InChI is InChI=1S/C24H27N3O2/c1-15-4-5-22-21(11-15)18(13-25-22)6-7-27-14-19(12-23(27)28)24(29)26-20-9-16(2)8-17(3)10-20/h4-5,8-11,13,19,25H,6-7,12,14H2,1-3H3,(H,26,29)/t19-/m0/s1. The summed E-state index contributed by atoms with van der Waals surface area (Å²) in [6.07, 6.45) is 3.08. The van der Waals surface area contributed by atoms with Crippen molar-refractivity contribution in [1.82, 2.24) is 9.88 Å². The van der Waals surface area contributed by atoms with E-state index in [0.717, 1.165) is 28.8 Å². The maximum absolute atomic E-state index is 12.7. The van der Waals surface area contributed by atoms with Crippen molar-refractivity contribution >= 4 is 28.4 Å². The molecule has 0 unspecified atom stereocenters. The number of likely N-dealkylation sites (tertiary alicyclic amines) is 1.